The summed E-state index contributed by atoms with van der Waals surface area (Å²) in [7, 11) is -2.64. The average molecular weight is 297 g/mol. The molecule has 0 saturated carbocycles. The summed E-state index contributed by atoms with van der Waals surface area (Å²) in [6.07, 6.45) is 0. The number of methoxy groups -OCH3 is 1. The van der Waals surface area contributed by atoms with Gasteiger partial charge in [0.25, 0.3) is 10.0 Å². The topological polar surface area (TPSA) is 94.3 Å². The van der Waals surface area contributed by atoms with E-state index in [2.05, 4.69) is 9.71 Å². The number of sulfonamides is 1. The quantitative estimate of drug-likeness (QED) is 0.660. The minimum Gasteiger partial charge on any atom is -0.495 e. The van der Waals surface area contributed by atoms with Crippen molar-refractivity contribution in [1.82, 2.24) is 4.98 Å². The fourth-order valence-electron chi connectivity index (χ4n) is 1.56. The van der Waals surface area contributed by atoms with E-state index in [1.165, 1.54) is 37.4 Å². The van der Waals surface area contributed by atoms with Gasteiger partial charge in [0.1, 0.15) is 16.5 Å². The Hall–Kier alpha value is -2.35. The lowest BCUT2D eigenvalue weighted by Gasteiger charge is -2.11. The van der Waals surface area contributed by atoms with Gasteiger partial charge in [0.05, 0.1) is 7.11 Å². The molecular weight excluding hydrogens is 285 g/mol. The van der Waals surface area contributed by atoms with Gasteiger partial charge in [0, 0.05) is 5.69 Å². The number of nitrogen functional groups attached to an aromatic ring is 1. The first-order valence-electron chi connectivity index (χ1n) is 5.51. The highest BCUT2D eigenvalue weighted by Crippen LogP contribution is 2.27. The highest BCUT2D eigenvalue weighted by molar-refractivity contribution is 7.92. The van der Waals surface area contributed by atoms with Gasteiger partial charge in [0.15, 0.2) is 0 Å². The second kappa shape index (κ2) is 5.33. The van der Waals surface area contributed by atoms with E-state index < -0.39 is 16.0 Å². The number of ether oxygens (including phenoxy) is 1. The molecule has 1 aromatic heterocycles. The van der Waals surface area contributed by atoms with E-state index in [9.17, 15) is 12.8 Å². The SMILES string of the molecule is COc1ccc(N)cc1S(=O)(=O)Nc1cccc(F)n1. The molecular formula is C12H12FN3O3S. The molecule has 2 rings (SSSR count). The zero-order valence-corrected chi connectivity index (χ0v) is 11.3. The lowest BCUT2D eigenvalue weighted by Crippen LogP contribution is -2.15. The van der Waals surface area contributed by atoms with Crippen LogP contribution in [0.1, 0.15) is 0 Å². The molecule has 8 heteroatoms. The van der Waals surface area contributed by atoms with Crippen molar-refractivity contribution in [1.29, 1.82) is 0 Å². The third-order valence-electron chi connectivity index (χ3n) is 2.43. The molecule has 0 atom stereocenters. The maximum absolute atomic E-state index is 13.0. The maximum Gasteiger partial charge on any atom is 0.266 e. The second-order valence-electron chi connectivity index (χ2n) is 3.86. The summed E-state index contributed by atoms with van der Waals surface area (Å²) in [5.74, 6) is -0.790. The third kappa shape index (κ3) is 2.97. The Morgan fingerprint density at radius 1 is 1.30 bits per heavy atom. The Labute approximate surface area is 115 Å². The van der Waals surface area contributed by atoms with Crippen LogP contribution in [0.25, 0.3) is 0 Å². The summed E-state index contributed by atoms with van der Waals surface area (Å²) in [6, 6.07) is 7.98. The zero-order chi connectivity index (χ0) is 14.8. The molecule has 0 spiro atoms. The van der Waals surface area contributed by atoms with Crippen LogP contribution in [0, 0.1) is 5.95 Å². The van der Waals surface area contributed by atoms with Gasteiger partial charge in [-0.3, -0.25) is 4.72 Å². The van der Waals surface area contributed by atoms with Crippen LogP contribution in [0.15, 0.2) is 41.3 Å². The molecule has 0 unspecified atom stereocenters. The minimum atomic E-state index is -3.98. The fourth-order valence-corrected chi connectivity index (χ4v) is 2.77. The molecule has 3 N–H and O–H groups in total. The summed E-state index contributed by atoms with van der Waals surface area (Å²) < 4.78 is 44.6. The van der Waals surface area contributed by atoms with E-state index in [-0.39, 0.29) is 22.2 Å². The number of anilines is 2. The number of halogens is 1. The summed E-state index contributed by atoms with van der Waals surface area (Å²) in [4.78, 5) is 3.29. The van der Waals surface area contributed by atoms with Crippen LogP contribution in [0.3, 0.4) is 0 Å². The van der Waals surface area contributed by atoms with E-state index in [1.54, 1.807) is 0 Å². The standard InChI is InChI=1S/C12H12FN3O3S/c1-19-9-6-5-8(14)7-10(9)20(17,18)16-12-4-2-3-11(13)15-12/h2-7H,14H2,1H3,(H,15,16). The molecule has 6 nitrogen and oxygen atoms in total. The maximum atomic E-state index is 13.0. The van der Waals surface area contributed by atoms with Crippen LogP contribution in [-0.4, -0.2) is 20.5 Å². The number of hydrogen-bond donors (Lipinski definition) is 2. The van der Waals surface area contributed by atoms with Gasteiger partial charge in [0.2, 0.25) is 5.95 Å². The van der Waals surface area contributed by atoms with Crippen molar-refractivity contribution in [2.45, 2.75) is 4.90 Å². The molecule has 0 fully saturated rings. The Balaban J connectivity index is 2.43. The summed E-state index contributed by atoms with van der Waals surface area (Å²) >= 11 is 0. The van der Waals surface area contributed by atoms with Gasteiger partial charge in [-0.05, 0) is 30.3 Å². The van der Waals surface area contributed by atoms with Crippen LogP contribution >= 0.6 is 0 Å². The van der Waals surface area contributed by atoms with Crippen LogP contribution in [0.4, 0.5) is 15.9 Å². The van der Waals surface area contributed by atoms with Crippen LogP contribution in [0.5, 0.6) is 5.75 Å². The monoisotopic (exact) mass is 297 g/mol. The van der Waals surface area contributed by atoms with Crippen molar-refractivity contribution in [2.75, 3.05) is 17.6 Å². The van der Waals surface area contributed by atoms with Gasteiger partial charge in [-0.2, -0.15) is 4.39 Å². The Morgan fingerprint density at radius 3 is 2.70 bits per heavy atom. The lowest BCUT2D eigenvalue weighted by atomic mass is 10.3. The minimum absolute atomic E-state index is 0.128. The van der Waals surface area contributed by atoms with E-state index >= 15 is 0 Å². The zero-order valence-electron chi connectivity index (χ0n) is 10.5. The molecule has 0 aliphatic rings. The molecule has 1 aromatic carbocycles. The number of rotatable bonds is 4. The van der Waals surface area contributed by atoms with E-state index in [4.69, 9.17) is 10.5 Å². The Bertz CT molecular complexity index is 734. The van der Waals surface area contributed by atoms with Crippen molar-refractivity contribution in [2.24, 2.45) is 0 Å². The molecule has 0 saturated heterocycles. The molecule has 20 heavy (non-hydrogen) atoms. The molecule has 2 aromatic rings. The predicted octanol–water partition coefficient (Wildman–Crippen LogP) is 1.61. The molecule has 106 valence electrons. The predicted molar refractivity (Wildman–Crippen MR) is 72.4 cm³/mol. The largest absolute Gasteiger partial charge is 0.495 e. The number of pyridine rings is 1. The molecule has 0 aliphatic heterocycles. The number of benzene rings is 1. The van der Waals surface area contributed by atoms with Crippen molar-refractivity contribution in [3.63, 3.8) is 0 Å². The fraction of sp³-hybridized carbons (Fsp3) is 0.0833. The first-order chi connectivity index (χ1) is 9.42. The highest BCUT2D eigenvalue weighted by atomic mass is 32.2. The normalized spacial score (nSPS) is 11.1. The lowest BCUT2D eigenvalue weighted by molar-refractivity contribution is 0.403. The Morgan fingerprint density at radius 2 is 2.05 bits per heavy atom. The number of aromatic nitrogens is 1. The van der Waals surface area contributed by atoms with Gasteiger partial charge >= 0.3 is 0 Å². The smallest absolute Gasteiger partial charge is 0.266 e. The van der Waals surface area contributed by atoms with Gasteiger partial charge in [-0.1, -0.05) is 6.07 Å². The molecule has 0 radical (unpaired) electrons. The van der Waals surface area contributed by atoms with Gasteiger partial charge in [-0.25, -0.2) is 13.4 Å². The first kappa shape index (κ1) is 14.1. The van der Waals surface area contributed by atoms with Gasteiger partial charge in [-0.15, -0.1) is 0 Å². The summed E-state index contributed by atoms with van der Waals surface area (Å²) in [5.41, 5.74) is 5.84. The van der Waals surface area contributed by atoms with E-state index in [0.29, 0.717) is 0 Å². The molecule has 0 amide bonds. The van der Waals surface area contributed by atoms with Crippen LogP contribution in [0.2, 0.25) is 0 Å². The van der Waals surface area contributed by atoms with Crippen LogP contribution < -0.4 is 15.2 Å². The van der Waals surface area contributed by atoms with Crippen molar-refractivity contribution < 1.29 is 17.5 Å². The second-order valence-corrected chi connectivity index (χ2v) is 5.51. The van der Waals surface area contributed by atoms with Gasteiger partial charge < -0.3 is 10.5 Å². The number of nitrogens with two attached hydrogens (primary N) is 1. The average Bonchev–Trinajstić information content (AvgIpc) is 2.38. The van der Waals surface area contributed by atoms with Crippen molar-refractivity contribution in [3.05, 3.63) is 42.3 Å². The summed E-state index contributed by atoms with van der Waals surface area (Å²) in [5, 5.41) is 0. The summed E-state index contributed by atoms with van der Waals surface area (Å²) in [6.45, 7) is 0. The Kier molecular flexibility index (Phi) is 3.75. The first-order valence-corrected chi connectivity index (χ1v) is 6.99. The molecule has 0 aliphatic carbocycles. The number of nitrogens with zero attached hydrogens (tertiary/aromatic N) is 1. The van der Waals surface area contributed by atoms with Crippen molar-refractivity contribution >= 4 is 21.5 Å². The van der Waals surface area contributed by atoms with Crippen molar-refractivity contribution in [3.8, 4) is 5.75 Å². The number of hydrogen-bond acceptors (Lipinski definition) is 5. The highest BCUT2D eigenvalue weighted by Gasteiger charge is 2.20. The van der Waals surface area contributed by atoms with Crippen LogP contribution in [-0.2, 0) is 10.0 Å². The molecule has 0 bridgehead atoms. The van der Waals surface area contributed by atoms with E-state index in [0.717, 1.165) is 6.07 Å². The third-order valence-corrected chi connectivity index (χ3v) is 3.81. The van der Waals surface area contributed by atoms with E-state index in [1.807, 2.05) is 0 Å². The molecule has 1 heterocycles. The number of nitrogens with one attached hydrogen (secondary N) is 1.